The molecule has 1 heterocycles. The lowest BCUT2D eigenvalue weighted by Crippen LogP contribution is -2.39. The van der Waals surface area contributed by atoms with Crippen LogP contribution in [0.1, 0.15) is 30.5 Å². The Morgan fingerprint density at radius 3 is 2.69 bits per heavy atom. The van der Waals surface area contributed by atoms with Crippen molar-refractivity contribution < 1.29 is 8.78 Å². The second-order valence-corrected chi connectivity index (χ2v) is 7.28. The largest absolute Gasteiger partial charge is 0.357 e. The molecule has 0 spiro atoms. The van der Waals surface area contributed by atoms with Gasteiger partial charge in [0.1, 0.15) is 11.6 Å². The number of nitrogens with zero attached hydrogens (tertiary/aromatic N) is 3. The highest BCUT2D eigenvalue weighted by Gasteiger charge is 2.42. The summed E-state index contributed by atoms with van der Waals surface area (Å²) < 4.78 is 27.8. The van der Waals surface area contributed by atoms with E-state index in [1.807, 2.05) is 31.3 Å². The Bertz CT molecular complexity index is 769. The lowest BCUT2D eigenvalue weighted by Gasteiger charge is -2.11. The van der Waals surface area contributed by atoms with E-state index in [4.69, 9.17) is 0 Å². The SMILES string of the molecule is CCNC(=NCc1csc(N(C)C)n1)NC1CC1c1c(F)cccc1F. The van der Waals surface area contributed by atoms with Gasteiger partial charge in [0.15, 0.2) is 11.1 Å². The third-order valence-electron chi connectivity index (χ3n) is 4.15. The molecule has 0 radical (unpaired) electrons. The first-order valence-electron chi connectivity index (χ1n) is 8.60. The van der Waals surface area contributed by atoms with Crippen molar-refractivity contribution in [1.82, 2.24) is 15.6 Å². The maximum atomic E-state index is 13.9. The average molecular weight is 379 g/mol. The van der Waals surface area contributed by atoms with Gasteiger partial charge in [0, 0.05) is 43.5 Å². The van der Waals surface area contributed by atoms with Gasteiger partial charge in [-0.1, -0.05) is 6.07 Å². The second kappa shape index (κ2) is 7.99. The summed E-state index contributed by atoms with van der Waals surface area (Å²) in [4.78, 5) is 11.0. The van der Waals surface area contributed by atoms with Gasteiger partial charge in [-0.05, 0) is 25.5 Å². The average Bonchev–Trinajstić information content (AvgIpc) is 3.16. The van der Waals surface area contributed by atoms with Crippen LogP contribution in [0, 0.1) is 11.6 Å². The minimum Gasteiger partial charge on any atom is -0.357 e. The fourth-order valence-electron chi connectivity index (χ4n) is 2.77. The van der Waals surface area contributed by atoms with Crippen LogP contribution in [0.2, 0.25) is 0 Å². The number of halogens is 2. The first-order valence-corrected chi connectivity index (χ1v) is 9.48. The Morgan fingerprint density at radius 1 is 1.35 bits per heavy atom. The van der Waals surface area contributed by atoms with Crippen LogP contribution in [-0.2, 0) is 6.54 Å². The molecule has 1 aliphatic carbocycles. The fraction of sp³-hybridized carbons (Fsp3) is 0.444. The fourth-order valence-corrected chi connectivity index (χ4v) is 3.52. The van der Waals surface area contributed by atoms with Gasteiger partial charge in [0.2, 0.25) is 0 Å². The van der Waals surface area contributed by atoms with E-state index in [2.05, 4.69) is 20.6 Å². The highest BCUT2D eigenvalue weighted by molar-refractivity contribution is 7.13. The third-order valence-corrected chi connectivity index (χ3v) is 5.21. The number of guanidine groups is 1. The molecule has 0 saturated heterocycles. The smallest absolute Gasteiger partial charge is 0.191 e. The monoisotopic (exact) mass is 379 g/mol. The summed E-state index contributed by atoms with van der Waals surface area (Å²) in [6, 6.07) is 3.97. The maximum Gasteiger partial charge on any atom is 0.191 e. The van der Waals surface area contributed by atoms with Crippen LogP contribution in [-0.4, -0.2) is 37.6 Å². The highest BCUT2D eigenvalue weighted by atomic mass is 32.1. The Kier molecular flexibility index (Phi) is 5.70. The number of anilines is 1. The topological polar surface area (TPSA) is 52.6 Å². The lowest BCUT2D eigenvalue weighted by molar-refractivity contribution is 0.553. The molecule has 2 N–H and O–H groups in total. The van der Waals surface area contributed by atoms with Gasteiger partial charge in [-0.25, -0.2) is 18.8 Å². The summed E-state index contributed by atoms with van der Waals surface area (Å²) in [6.45, 7) is 3.13. The molecule has 3 rings (SSSR count). The van der Waals surface area contributed by atoms with Crippen molar-refractivity contribution in [1.29, 1.82) is 0 Å². The summed E-state index contributed by atoms with van der Waals surface area (Å²) >= 11 is 1.57. The highest BCUT2D eigenvalue weighted by Crippen LogP contribution is 2.43. The number of nitrogens with one attached hydrogen (secondary N) is 2. The van der Waals surface area contributed by atoms with Crippen molar-refractivity contribution >= 4 is 22.4 Å². The van der Waals surface area contributed by atoms with Gasteiger partial charge in [-0.2, -0.15) is 0 Å². The molecule has 5 nitrogen and oxygen atoms in total. The van der Waals surface area contributed by atoms with Gasteiger partial charge < -0.3 is 15.5 Å². The molecular formula is C18H23F2N5S. The van der Waals surface area contributed by atoms with Crippen molar-refractivity contribution in [2.24, 2.45) is 4.99 Å². The number of hydrogen-bond acceptors (Lipinski definition) is 4. The van der Waals surface area contributed by atoms with Crippen LogP contribution < -0.4 is 15.5 Å². The van der Waals surface area contributed by atoms with Crippen molar-refractivity contribution in [2.75, 3.05) is 25.5 Å². The molecule has 1 aromatic heterocycles. The van der Waals surface area contributed by atoms with E-state index in [-0.39, 0.29) is 17.5 Å². The second-order valence-electron chi connectivity index (χ2n) is 6.44. The summed E-state index contributed by atoms with van der Waals surface area (Å²) in [7, 11) is 3.90. The van der Waals surface area contributed by atoms with Gasteiger partial charge in [-0.15, -0.1) is 11.3 Å². The van der Waals surface area contributed by atoms with Crippen molar-refractivity contribution in [3.8, 4) is 0 Å². The van der Waals surface area contributed by atoms with E-state index >= 15 is 0 Å². The Labute approximate surface area is 156 Å². The molecule has 0 aliphatic heterocycles. The number of rotatable bonds is 6. The zero-order valence-corrected chi connectivity index (χ0v) is 15.9. The molecule has 2 unspecified atom stereocenters. The molecule has 26 heavy (non-hydrogen) atoms. The van der Waals surface area contributed by atoms with Crippen LogP contribution in [0.3, 0.4) is 0 Å². The molecule has 1 aromatic carbocycles. The molecule has 8 heteroatoms. The van der Waals surface area contributed by atoms with Gasteiger partial charge in [0.05, 0.1) is 12.2 Å². The minimum absolute atomic E-state index is 0.0213. The molecule has 2 aromatic rings. The molecular weight excluding hydrogens is 356 g/mol. The number of aliphatic imine (C=N–C) groups is 1. The molecule has 0 bridgehead atoms. The molecule has 1 aliphatic rings. The van der Waals surface area contributed by atoms with Gasteiger partial charge in [-0.3, -0.25) is 0 Å². The van der Waals surface area contributed by atoms with Crippen LogP contribution in [0.15, 0.2) is 28.6 Å². The van der Waals surface area contributed by atoms with Gasteiger partial charge >= 0.3 is 0 Å². The van der Waals surface area contributed by atoms with E-state index in [1.165, 1.54) is 18.2 Å². The molecule has 1 fully saturated rings. The molecule has 1 saturated carbocycles. The summed E-state index contributed by atoms with van der Waals surface area (Å²) in [6.07, 6.45) is 0.684. The van der Waals surface area contributed by atoms with E-state index < -0.39 is 11.6 Å². The van der Waals surface area contributed by atoms with Crippen LogP contribution in [0.25, 0.3) is 0 Å². The molecule has 140 valence electrons. The first kappa shape index (κ1) is 18.6. The summed E-state index contributed by atoms with van der Waals surface area (Å²) in [5.74, 6) is -0.504. The zero-order valence-electron chi connectivity index (χ0n) is 15.1. The van der Waals surface area contributed by atoms with Crippen LogP contribution in [0.5, 0.6) is 0 Å². The summed E-state index contributed by atoms with van der Waals surface area (Å²) in [5.41, 5.74) is 1.05. The van der Waals surface area contributed by atoms with Gasteiger partial charge in [0.25, 0.3) is 0 Å². The normalized spacial score (nSPS) is 19.3. The van der Waals surface area contributed by atoms with Crippen LogP contribution in [0.4, 0.5) is 13.9 Å². The summed E-state index contributed by atoms with van der Waals surface area (Å²) in [5, 5.41) is 9.36. The Hall–Kier alpha value is -2.22. The first-order chi connectivity index (χ1) is 12.5. The van der Waals surface area contributed by atoms with E-state index in [1.54, 1.807) is 11.3 Å². The third kappa shape index (κ3) is 4.30. The standard InChI is InChI=1S/C18H23F2N5S/c1-4-21-17(22-9-11-10-26-18(23-11)25(2)3)24-15-8-12(15)16-13(19)6-5-7-14(16)20/h5-7,10,12,15H,4,8-9H2,1-3H3,(H2,21,22,24). The Morgan fingerprint density at radius 2 is 2.08 bits per heavy atom. The predicted molar refractivity (Wildman–Crippen MR) is 102 cm³/mol. The number of aromatic nitrogens is 1. The molecule has 2 atom stereocenters. The van der Waals surface area contributed by atoms with Crippen molar-refractivity contribution in [3.05, 3.63) is 46.5 Å². The van der Waals surface area contributed by atoms with Crippen LogP contribution >= 0.6 is 11.3 Å². The van der Waals surface area contributed by atoms with E-state index in [0.29, 0.717) is 25.5 Å². The zero-order chi connectivity index (χ0) is 18.7. The van der Waals surface area contributed by atoms with Crippen molar-refractivity contribution in [2.45, 2.75) is 31.8 Å². The minimum atomic E-state index is -0.486. The Balaban J connectivity index is 1.64. The molecule has 0 amide bonds. The quantitative estimate of drug-likeness (QED) is 0.598. The van der Waals surface area contributed by atoms with Crippen molar-refractivity contribution in [3.63, 3.8) is 0 Å². The van der Waals surface area contributed by atoms with E-state index in [0.717, 1.165) is 10.8 Å². The number of benzene rings is 1. The van der Waals surface area contributed by atoms with E-state index in [9.17, 15) is 8.78 Å². The predicted octanol–water partition coefficient (Wildman–Crippen LogP) is 3.10. The lowest BCUT2D eigenvalue weighted by atomic mass is 10.1. The number of hydrogen-bond donors (Lipinski definition) is 2. The number of thiazole rings is 1. The maximum absolute atomic E-state index is 13.9.